The van der Waals surface area contributed by atoms with Gasteiger partial charge in [-0.1, -0.05) is 67.8 Å². The molecule has 0 unspecified atom stereocenters. The van der Waals surface area contributed by atoms with E-state index in [4.69, 9.17) is 9.84 Å². The van der Waals surface area contributed by atoms with E-state index in [2.05, 4.69) is 29.6 Å². The highest BCUT2D eigenvalue weighted by atomic mass is 16.5. The van der Waals surface area contributed by atoms with E-state index < -0.39 is 12.1 Å². The Bertz CT molecular complexity index is 1060. The van der Waals surface area contributed by atoms with Gasteiger partial charge in [-0.25, -0.2) is 4.79 Å². The van der Waals surface area contributed by atoms with E-state index in [9.17, 15) is 14.4 Å². The molecule has 1 saturated carbocycles. The number of hydrogen-bond donors (Lipinski definition) is 2. The van der Waals surface area contributed by atoms with Gasteiger partial charge in [0.1, 0.15) is 6.61 Å². The second-order valence-corrected chi connectivity index (χ2v) is 10.0. The van der Waals surface area contributed by atoms with Crippen LogP contribution in [0.5, 0.6) is 0 Å². The number of aliphatic carboxylic acids is 1. The zero-order valence-corrected chi connectivity index (χ0v) is 19.8. The number of carboxylic acids is 1. The smallest absolute Gasteiger partial charge is 0.407 e. The van der Waals surface area contributed by atoms with Gasteiger partial charge in [0.2, 0.25) is 5.91 Å². The summed E-state index contributed by atoms with van der Waals surface area (Å²) in [6, 6.07) is 16.2. The molecule has 2 N–H and O–H groups in total. The van der Waals surface area contributed by atoms with E-state index in [0.717, 1.165) is 43.2 Å². The lowest BCUT2D eigenvalue weighted by molar-refractivity contribution is -0.148. The Labute approximate surface area is 205 Å². The number of likely N-dealkylation sites (tertiary alicyclic amines) is 1. The molecule has 0 spiro atoms. The van der Waals surface area contributed by atoms with Crippen molar-refractivity contribution in [2.45, 2.75) is 50.5 Å². The number of fused-ring (bicyclic) bond motifs is 3. The van der Waals surface area contributed by atoms with Crippen LogP contribution in [0.15, 0.2) is 48.5 Å². The fourth-order valence-corrected chi connectivity index (χ4v) is 5.93. The Kier molecular flexibility index (Phi) is 6.75. The van der Waals surface area contributed by atoms with Gasteiger partial charge in [0.25, 0.3) is 0 Å². The average molecular weight is 477 g/mol. The van der Waals surface area contributed by atoms with Gasteiger partial charge < -0.3 is 20.1 Å². The first-order valence-electron chi connectivity index (χ1n) is 12.6. The van der Waals surface area contributed by atoms with Crippen LogP contribution < -0.4 is 5.32 Å². The van der Waals surface area contributed by atoms with Crippen molar-refractivity contribution < 1.29 is 24.2 Å². The first-order valence-corrected chi connectivity index (χ1v) is 12.6. The van der Waals surface area contributed by atoms with Crippen LogP contribution in [0.3, 0.4) is 0 Å². The minimum atomic E-state index is -0.827. The molecule has 2 amide bonds. The molecule has 7 heteroatoms. The largest absolute Gasteiger partial charge is 0.481 e. The van der Waals surface area contributed by atoms with E-state index >= 15 is 0 Å². The predicted octanol–water partition coefficient (Wildman–Crippen LogP) is 4.41. The summed E-state index contributed by atoms with van der Waals surface area (Å²) in [4.78, 5) is 38.7. The van der Waals surface area contributed by atoms with Crippen molar-refractivity contribution in [3.05, 3.63) is 59.7 Å². The van der Waals surface area contributed by atoms with Gasteiger partial charge in [-0.2, -0.15) is 0 Å². The maximum atomic E-state index is 13.2. The number of benzene rings is 2. The van der Waals surface area contributed by atoms with Crippen molar-refractivity contribution in [3.63, 3.8) is 0 Å². The van der Waals surface area contributed by atoms with Crippen molar-refractivity contribution in [1.82, 2.24) is 10.2 Å². The Morgan fingerprint density at radius 2 is 1.54 bits per heavy atom. The summed E-state index contributed by atoms with van der Waals surface area (Å²) in [6.45, 7) is 1.22. The first-order chi connectivity index (χ1) is 17.0. The summed E-state index contributed by atoms with van der Waals surface area (Å²) in [5, 5.41) is 12.0. The molecule has 2 atom stereocenters. The number of hydrogen-bond acceptors (Lipinski definition) is 4. The summed E-state index contributed by atoms with van der Waals surface area (Å²) in [7, 11) is 0. The predicted molar refractivity (Wildman–Crippen MR) is 131 cm³/mol. The molecule has 1 aliphatic heterocycles. The number of nitrogens with zero attached hydrogens (tertiary/aromatic N) is 1. The average Bonchev–Trinajstić information content (AvgIpc) is 2.96. The number of carbonyl (C=O) groups is 3. The molecule has 2 aliphatic carbocycles. The van der Waals surface area contributed by atoms with E-state index in [0.29, 0.717) is 13.1 Å². The molecule has 2 aromatic carbocycles. The van der Waals surface area contributed by atoms with E-state index in [1.807, 2.05) is 24.3 Å². The Morgan fingerprint density at radius 1 is 0.914 bits per heavy atom. The number of carboxylic acid groups (broad SMARTS) is 1. The highest BCUT2D eigenvalue weighted by molar-refractivity contribution is 5.82. The molecule has 5 rings (SSSR count). The highest BCUT2D eigenvalue weighted by Crippen LogP contribution is 2.44. The Balaban J connectivity index is 1.21. The van der Waals surface area contributed by atoms with Gasteiger partial charge in [-0.3, -0.25) is 9.59 Å². The molecule has 2 fully saturated rings. The Morgan fingerprint density at radius 3 is 2.20 bits per heavy atom. The number of rotatable bonds is 6. The Hall–Kier alpha value is -3.35. The lowest BCUT2D eigenvalue weighted by Gasteiger charge is -2.41. The molecule has 0 bridgehead atoms. The van der Waals surface area contributed by atoms with Crippen LogP contribution in [0.4, 0.5) is 4.79 Å². The van der Waals surface area contributed by atoms with Crippen molar-refractivity contribution in [2.75, 3.05) is 19.7 Å². The molecule has 2 aromatic rings. The molecule has 35 heavy (non-hydrogen) atoms. The van der Waals surface area contributed by atoms with Crippen LogP contribution in [0.25, 0.3) is 11.1 Å². The molecule has 7 nitrogen and oxygen atoms in total. The van der Waals surface area contributed by atoms with Crippen LogP contribution in [-0.2, 0) is 14.3 Å². The topological polar surface area (TPSA) is 95.9 Å². The van der Waals surface area contributed by atoms with Gasteiger partial charge in [0.05, 0.1) is 12.3 Å². The summed E-state index contributed by atoms with van der Waals surface area (Å²) in [6.07, 6.45) is 4.03. The third-order valence-electron chi connectivity index (χ3n) is 7.71. The molecule has 0 aromatic heterocycles. The van der Waals surface area contributed by atoms with Crippen LogP contribution >= 0.6 is 0 Å². The maximum Gasteiger partial charge on any atom is 0.407 e. The van der Waals surface area contributed by atoms with Gasteiger partial charge in [0.15, 0.2) is 0 Å². The minimum absolute atomic E-state index is 0.00744. The first kappa shape index (κ1) is 23.4. The molecule has 3 aliphatic rings. The number of amides is 2. The summed E-state index contributed by atoms with van der Waals surface area (Å²) < 4.78 is 5.73. The van der Waals surface area contributed by atoms with Gasteiger partial charge >= 0.3 is 12.1 Å². The maximum absolute atomic E-state index is 13.2. The lowest BCUT2D eigenvalue weighted by atomic mass is 9.89. The van der Waals surface area contributed by atoms with E-state index in [1.54, 1.807) is 4.90 Å². The number of nitrogens with one attached hydrogen (secondary N) is 1. The highest BCUT2D eigenvalue weighted by Gasteiger charge is 2.39. The van der Waals surface area contributed by atoms with Crippen LogP contribution in [-0.4, -0.2) is 53.7 Å². The number of alkyl carbamates (subject to hydrolysis) is 1. The zero-order chi connectivity index (χ0) is 24.4. The minimum Gasteiger partial charge on any atom is -0.481 e. The fourth-order valence-electron chi connectivity index (χ4n) is 5.93. The second kappa shape index (κ2) is 10.1. The van der Waals surface area contributed by atoms with Gasteiger partial charge in [-0.05, 0) is 35.1 Å². The van der Waals surface area contributed by atoms with E-state index in [-0.39, 0.29) is 42.7 Å². The molecule has 1 saturated heterocycles. The monoisotopic (exact) mass is 476 g/mol. The third kappa shape index (κ3) is 4.90. The third-order valence-corrected chi connectivity index (χ3v) is 7.71. The van der Waals surface area contributed by atoms with Crippen LogP contribution in [0.1, 0.15) is 55.6 Å². The summed E-state index contributed by atoms with van der Waals surface area (Å²) >= 11 is 0. The molecule has 0 radical (unpaired) electrons. The number of carbonyl (C=O) groups excluding carboxylic acids is 2. The van der Waals surface area contributed by atoms with E-state index in [1.165, 1.54) is 11.1 Å². The molecular formula is C28H32N2O5. The SMILES string of the molecule is O=C(O)CC1CN(C(=O)[C@@H]2CCCCC[C@@H]2NC(=O)OCC2c3ccccc3-c3ccccc32)C1. The second-order valence-electron chi connectivity index (χ2n) is 10.0. The van der Waals surface area contributed by atoms with Crippen molar-refractivity contribution in [2.24, 2.45) is 11.8 Å². The van der Waals surface area contributed by atoms with Crippen LogP contribution in [0, 0.1) is 11.8 Å². The van der Waals surface area contributed by atoms with Gasteiger partial charge in [0, 0.05) is 31.0 Å². The summed E-state index contributed by atoms with van der Waals surface area (Å²) in [5.41, 5.74) is 4.69. The fraction of sp³-hybridized carbons (Fsp3) is 0.464. The van der Waals surface area contributed by atoms with Crippen molar-refractivity contribution in [1.29, 1.82) is 0 Å². The standard InChI is InChI=1S/C28H32N2O5/c31-26(32)14-18-15-30(16-18)27(33)23-12-2-1-3-13-25(23)29-28(34)35-17-24-21-10-6-4-8-19(21)20-9-5-7-11-22(20)24/h4-11,18,23-25H,1-3,12-17H2,(H,29,34)(H,31,32)/t23-,25+/m1/s1. The van der Waals surface area contributed by atoms with Crippen molar-refractivity contribution >= 4 is 18.0 Å². The van der Waals surface area contributed by atoms with Crippen molar-refractivity contribution in [3.8, 4) is 11.1 Å². The quantitative estimate of drug-likeness (QED) is 0.602. The van der Waals surface area contributed by atoms with Gasteiger partial charge in [-0.15, -0.1) is 0 Å². The molecular weight excluding hydrogens is 444 g/mol. The normalized spacial score (nSPS) is 21.9. The molecule has 1 heterocycles. The number of ether oxygens (including phenoxy) is 1. The zero-order valence-electron chi connectivity index (χ0n) is 19.8. The molecule has 184 valence electrons. The summed E-state index contributed by atoms with van der Waals surface area (Å²) in [5.74, 6) is -1.07. The van der Waals surface area contributed by atoms with Crippen LogP contribution in [0.2, 0.25) is 0 Å². The lowest BCUT2D eigenvalue weighted by Crippen LogP contribution is -2.56.